The molecule has 0 aliphatic carbocycles. The highest BCUT2D eigenvalue weighted by Gasteiger charge is 2.16. The van der Waals surface area contributed by atoms with Gasteiger partial charge in [0.05, 0.1) is 0 Å². The van der Waals surface area contributed by atoms with Crippen LogP contribution in [0.2, 0.25) is 0 Å². The zero-order valence-corrected chi connectivity index (χ0v) is 17.5. The molecule has 0 aromatic heterocycles. The fourth-order valence-corrected chi connectivity index (χ4v) is 4.82. The lowest BCUT2D eigenvalue weighted by Crippen LogP contribution is -1.91. The van der Waals surface area contributed by atoms with E-state index in [0.29, 0.717) is 0 Å². The summed E-state index contributed by atoms with van der Waals surface area (Å²) < 4.78 is 0. The molecular formula is C31H22. The van der Waals surface area contributed by atoms with E-state index in [-0.39, 0.29) is 0 Å². The molecule has 31 heavy (non-hydrogen) atoms. The number of benzene rings is 6. The first-order valence-corrected chi connectivity index (χ1v) is 10.8. The molecule has 146 valence electrons. The van der Waals surface area contributed by atoms with Gasteiger partial charge in [0.25, 0.3) is 0 Å². The van der Waals surface area contributed by atoms with Crippen LogP contribution in [-0.2, 0) is 0 Å². The van der Waals surface area contributed by atoms with Gasteiger partial charge in [0.15, 0.2) is 0 Å². The predicted molar refractivity (Wildman–Crippen MR) is 135 cm³/mol. The minimum Gasteiger partial charge on any atom is -0.0616 e. The van der Waals surface area contributed by atoms with Crippen molar-refractivity contribution in [3.8, 4) is 22.3 Å². The van der Waals surface area contributed by atoms with Gasteiger partial charge >= 0.3 is 0 Å². The quantitative estimate of drug-likeness (QED) is 0.257. The van der Waals surface area contributed by atoms with Crippen LogP contribution in [-0.4, -0.2) is 0 Å². The Morgan fingerprint density at radius 3 is 1.42 bits per heavy atom. The van der Waals surface area contributed by atoms with Crippen LogP contribution in [0, 0.1) is 6.92 Å². The van der Waals surface area contributed by atoms with Crippen molar-refractivity contribution in [2.75, 3.05) is 0 Å². The zero-order chi connectivity index (χ0) is 20.8. The van der Waals surface area contributed by atoms with Crippen LogP contribution >= 0.6 is 0 Å². The second-order valence-electron chi connectivity index (χ2n) is 8.27. The highest BCUT2D eigenvalue weighted by atomic mass is 14.2. The zero-order valence-electron chi connectivity index (χ0n) is 17.5. The minimum atomic E-state index is 1.27. The lowest BCUT2D eigenvalue weighted by Gasteiger charge is -2.18. The summed E-state index contributed by atoms with van der Waals surface area (Å²) in [5.74, 6) is 0. The van der Waals surface area contributed by atoms with Crippen molar-refractivity contribution in [2.45, 2.75) is 6.92 Å². The minimum absolute atomic E-state index is 1.27. The molecule has 0 saturated heterocycles. The Labute approximate surface area is 182 Å². The van der Waals surface area contributed by atoms with Crippen molar-refractivity contribution in [3.63, 3.8) is 0 Å². The third kappa shape index (κ3) is 2.92. The van der Waals surface area contributed by atoms with Gasteiger partial charge in [-0.3, -0.25) is 0 Å². The van der Waals surface area contributed by atoms with E-state index in [9.17, 15) is 0 Å². The van der Waals surface area contributed by atoms with Crippen LogP contribution in [0.1, 0.15) is 5.56 Å². The van der Waals surface area contributed by atoms with Crippen molar-refractivity contribution in [1.29, 1.82) is 0 Å². The fraction of sp³-hybridized carbons (Fsp3) is 0.0323. The second kappa shape index (κ2) is 7.11. The number of aryl methyl sites for hydroxylation is 1. The van der Waals surface area contributed by atoms with Crippen LogP contribution in [0.15, 0.2) is 115 Å². The molecule has 0 bridgehead atoms. The second-order valence-corrected chi connectivity index (χ2v) is 8.27. The SMILES string of the molecule is Cc1ccc(-c2c3ccccc3c(-c3ccc4ccccc4c3)c3ccccc23)cc1. The summed E-state index contributed by atoms with van der Waals surface area (Å²) >= 11 is 0. The molecule has 0 saturated carbocycles. The molecule has 0 heterocycles. The predicted octanol–water partition coefficient (Wildman–Crippen LogP) is 8.79. The van der Waals surface area contributed by atoms with E-state index in [4.69, 9.17) is 0 Å². The maximum Gasteiger partial charge on any atom is -0.00262 e. The molecule has 0 atom stereocenters. The molecule has 0 unspecified atom stereocenters. The van der Waals surface area contributed by atoms with E-state index < -0.39 is 0 Å². The van der Waals surface area contributed by atoms with E-state index in [2.05, 4.69) is 122 Å². The van der Waals surface area contributed by atoms with Crippen LogP contribution in [0.5, 0.6) is 0 Å². The molecule has 0 nitrogen and oxygen atoms in total. The average molecular weight is 395 g/mol. The molecule has 0 aliphatic heterocycles. The molecule has 0 spiro atoms. The molecule has 6 aromatic rings. The maximum absolute atomic E-state index is 2.33. The van der Waals surface area contributed by atoms with Gasteiger partial charge < -0.3 is 0 Å². The van der Waals surface area contributed by atoms with E-state index in [0.717, 1.165) is 0 Å². The summed E-state index contributed by atoms with van der Waals surface area (Å²) in [6.45, 7) is 2.14. The Morgan fingerprint density at radius 2 is 0.839 bits per heavy atom. The van der Waals surface area contributed by atoms with Gasteiger partial charge in [-0.15, -0.1) is 0 Å². The Bertz CT molecular complexity index is 1510. The highest BCUT2D eigenvalue weighted by Crippen LogP contribution is 2.43. The van der Waals surface area contributed by atoms with Crippen LogP contribution in [0.3, 0.4) is 0 Å². The first kappa shape index (κ1) is 17.9. The molecule has 0 aliphatic rings. The first-order valence-electron chi connectivity index (χ1n) is 10.8. The smallest absolute Gasteiger partial charge is 0.00262 e. The Balaban J connectivity index is 1.76. The lowest BCUT2D eigenvalue weighted by atomic mass is 9.85. The Kier molecular flexibility index (Phi) is 4.11. The fourth-order valence-electron chi connectivity index (χ4n) is 4.82. The van der Waals surface area contributed by atoms with Gasteiger partial charge in [-0.05, 0) is 67.6 Å². The Hall–Kier alpha value is -3.90. The van der Waals surface area contributed by atoms with E-state index in [1.807, 2.05) is 0 Å². The van der Waals surface area contributed by atoms with Gasteiger partial charge in [0.1, 0.15) is 0 Å². The topological polar surface area (TPSA) is 0 Å². The molecule has 0 N–H and O–H groups in total. The average Bonchev–Trinajstić information content (AvgIpc) is 2.83. The molecule has 6 aromatic carbocycles. The summed E-state index contributed by atoms with van der Waals surface area (Å²) in [5.41, 5.74) is 6.44. The number of hydrogen-bond donors (Lipinski definition) is 0. The molecule has 0 fully saturated rings. The number of hydrogen-bond acceptors (Lipinski definition) is 0. The monoisotopic (exact) mass is 394 g/mol. The Morgan fingerprint density at radius 1 is 0.387 bits per heavy atom. The maximum atomic E-state index is 2.33. The largest absolute Gasteiger partial charge is 0.0616 e. The molecule has 0 amide bonds. The summed E-state index contributed by atoms with van der Waals surface area (Å²) in [5, 5.41) is 7.74. The number of fused-ring (bicyclic) bond motifs is 3. The first-order chi connectivity index (χ1) is 15.3. The van der Waals surface area contributed by atoms with Crippen molar-refractivity contribution >= 4 is 32.3 Å². The van der Waals surface area contributed by atoms with Crippen molar-refractivity contribution in [1.82, 2.24) is 0 Å². The van der Waals surface area contributed by atoms with Gasteiger partial charge in [-0.2, -0.15) is 0 Å². The van der Waals surface area contributed by atoms with Crippen LogP contribution < -0.4 is 0 Å². The summed E-state index contributed by atoms with van der Waals surface area (Å²) in [6, 6.07) is 42.0. The molecule has 0 heteroatoms. The van der Waals surface area contributed by atoms with Gasteiger partial charge in [-0.1, -0.05) is 115 Å². The molecule has 6 rings (SSSR count). The van der Waals surface area contributed by atoms with Crippen molar-refractivity contribution in [3.05, 3.63) is 121 Å². The van der Waals surface area contributed by atoms with E-state index in [1.165, 1.54) is 60.1 Å². The standard InChI is InChI=1S/C31H22/c1-21-14-16-23(17-15-21)30-26-10-4-6-12-28(26)31(29-13-7-5-11-27(29)30)25-19-18-22-8-2-3-9-24(22)20-25/h2-20H,1H3. The molecule has 0 radical (unpaired) electrons. The third-order valence-corrected chi connectivity index (χ3v) is 6.31. The summed E-state index contributed by atoms with van der Waals surface area (Å²) in [4.78, 5) is 0. The van der Waals surface area contributed by atoms with E-state index >= 15 is 0 Å². The normalized spacial score (nSPS) is 11.4. The van der Waals surface area contributed by atoms with Gasteiger partial charge in [0.2, 0.25) is 0 Å². The van der Waals surface area contributed by atoms with Crippen molar-refractivity contribution in [2.24, 2.45) is 0 Å². The molecular weight excluding hydrogens is 372 g/mol. The lowest BCUT2D eigenvalue weighted by molar-refractivity contribution is 1.47. The number of rotatable bonds is 2. The summed E-state index contributed by atoms with van der Waals surface area (Å²) in [7, 11) is 0. The van der Waals surface area contributed by atoms with Crippen LogP contribution in [0.25, 0.3) is 54.6 Å². The van der Waals surface area contributed by atoms with Crippen LogP contribution in [0.4, 0.5) is 0 Å². The summed E-state index contributed by atoms with van der Waals surface area (Å²) in [6.07, 6.45) is 0. The van der Waals surface area contributed by atoms with Crippen molar-refractivity contribution < 1.29 is 0 Å². The van der Waals surface area contributed by atoms with Gasteiger partial charge in [-0.25, -0.2) is 0 Å². The highest BCUT2D eigenvalue weighted by molar-refractivity contribution is 6.21. The van der Waals surface area contributed by atoms with Gasteiger partial charge in [0, 0.05) is 0 Å². The van der Waals surface area contributed by atoms with E-state index in [1.54, 1.807) is 0 Å². The third-order valence-electron chi connectivity index (χ3n) is 6.31.